The van der Waals surface area contributed by atoms with Crippen molar-refractivity contribution in [2.45, 2.75) is 6.54 Å². The second-order valence-corrected chi connectivity index (χ2v) is 3.52. The topological polar surface area (TPSA) is 47.8 Å². The van der Waals surface area contributed by atoms with Gasteiger partial charge in [0.1, 0.15) is 5.69 Å². The molecule has 1 N–H and O–H groups in total. The Kier molecular flexibility index (Phi) is 2.67. The molecule has 5 nitrogen and oxygen atoms in total. The Labute approximate surface area is 85.2 Å². The van der Waals surface area contributed by atoms with E-state index in [9.17, 15) is 0 Å². The number of rotatable bonds is 4. The molecule has 0 saturated heterocycles. The molecular formula is C8H11N3O2S. The number of nitrogens with one attached hydrogen (secondary N) is 1. The zero-order valence-electron chi connectivity index (χ0n) is 7.98. The fourth-order valence-corrected chi connectivity index (χ4v) is 2.00. The zero-order valence-corrected chi connectivity index (χ0v) is 8.80. The number of ether oxygens (including phenoxy) is 1. The predicted octanol–water partition coefficient (Wildman–Crippen LogP) is 1.06. The van der Waals surface area contributed by atoms with Crippen LogP contribution in [0.15, 0.2) is 11.6 Å². The Morgan fingerprint density at radius 1 is 1.57 bits per heavy atom. The zero-order chi connectivity index (χ0) is 9.97. The average Bonchev–Trinajstić information content (AvgIpc) is 2.74. The molecule has 0 spiro atoms. The van der Waals surface area contributed by atoms with Crippen molar-refractivity contribution in [1.29, 1.82) is 0 Å². The number of hydrogen-bond acceptors (Lipinski definition) is 5. The van der Waals surface area contributed by atoms with E-state index in [0.717, 1.165) is 10.7 Å². The minimum absolute atomic E-state index is 0.567. The van der Waals surface area contributed by atoms with Crippen LogP contribution in [0.3, 0.4) is 0 Å². The van der Waals surface area contributed by atoms with Crippen LogP contribution < -0.4 is 10.2 Å². The SMILES string of the molecule is CONCc1c(OC)nc2sccn12. The highest BCUT2D eigenvalue weighted by atomic mass is 32.1. The molecule has 6 heteroatoms. The molecule has 0 aliphatic rings. The third-order valence-electron chi connectivity index (χ3n) is 1.90. The van der Waals surface area contributed by atoms with Crippen LogP contribution in [0, 0.1) is 0 Å². The van der Waals surface area contributed by atoms with Gasteiger partial charge in [-0.15, -0.1) is 11.3 Å². The molecule has 76 valence electrons. The molecule has 0 atom stereocenters. The number of nitrogens with zero attached hydrogens (tertiary/aromatic N) is 2. The van der Waals surface area contributed by atoms with Gasteiger partial charge in [0, 0.05) is 11.6 Å². The molecule has 2 heterocycles. The third kappa shape index (κ3) is 1.47. The highest BCUT2D eigenvalue weighted by molar-refractivity contribution is 7.15. The van der Waals surface area contributed by atoms with Crippen LogP contribution in [-0.4, -0.2) is 23.6 Å². The number of methoxy groups -OCH3 is 1. The Morgan fingerprint density at radius 3 is 3.14 bits per heavy atom. The van der Waals surface area contributed by atoms with Crippen molar-refractivity contribution < 1.29 is 9.57 Å². The average molecular weight is 213 g/mol. The van der Waals surface area contributed by atoms with Crippen LogP contribution in [0.2, 0.25) is 0 Å². The Morgan fingerprint density at radius 2 is 2.43 bits per heavy atom. The van der Waals surface area contributed by atoms with Crippen LogP contribution in [-0.2, 0) is 11.4 Å². The molecule has 0 aliphatic carbocycles. The number of imidazole rings is 1. The van der Waals surface area contributed by atoms with Crippen LogP contribution in [0.5, 0.6) is 5.88 Å². The normalized spacial score (nSPS) is 11.0. The highest BCUT2D eigenvalue weighted by Gasteiger charge is 2.12. The summed E-state index contributed by atoms with van der Waals surface area (Å²) >= 11 is 1.57. The standard InChI is InChI=1S/C8H11N3O2S/c1-12-7-6(5-9-13-2)11-3-4-14-8(11)10-7/h3-4,9H,5H2,1-2H3. The van der Waals surface area contributed by atoms with Crippen molar-refractivity contribution in [3.05, 3.63) is 17.3 Å². The number of fused-ring (bicyclic) bond motifs is 1. The lowest BCUT2D eigenvalue weighted by molar-refractivity contribution is 0.0850. The molecule has 0 radical (unpaired) electrons. The Balaban J connectivity index is 2.40. The summed E-state index contributed by atoms with van der Waals surface area (Å²) in [5, 5.41) is 1.98. The van der Waals surface area contributed by atoms with Crippen molar-refractivity contribution in [2.75, 3.05) is 14.2 Å². The van der Waals surface area contributed by atoms with Crippen LogP contribution in [0.1, 0.15) is 5.69 Å². The largest absolute Gasteiger partial charge is 0.480 e. The fourth-order valence-electron chi connectivity index (χ4n) is 1.28. The first-order valence-electron chi connectivity index (χ1n) is 4.11. The maximum Gasteiger partial charge on any atom is 0.237 e. The summed E-state index contributed by atoms with van der Waals surface area (Å²) in [6.07, 6.45) is 1.96. The summed E-state index contributed by atoms with van der Waals surface area (Å²) in [6, 6.07) is 0. The third-order valence-corrected chi connectivity index (χ3v) is 2.66. The summed E-state index contributed by atoms with van der Waals surface area (Å²) < 4.78 is 7.15. The monoisotopic (exact) mass is 213 g/mol. The predicted molar refractivity (Wildman–Crippen MR) is 53.5 cm³/mol. The van der Waals surface area contributed by atoms with E-state index < -0.39 is 0 Å². The van der Waals surface area contributed by atoms with Crippen molar-refractivity contribution in [3.63, 3.8) is 0 Å². The first-order chi connectivity index (χ1) is 6.86. The molecule has 14 heavy (non-hydrogen) atoms. The quantitative estimate of drug-likeness (QED) is 0.771. The van der Waals surface area contributed by atoms with E-state index in [0.29, 0.717) is 12.4 Å². The van der Waals surface area contributed by atoms with E-state index >= 15 is 0 Å². The summed E-state index contributed by atoms with van der Waals surface area (Å²) in [4.78, 5) is 10.0. The molecule has 2 rings (SSSR count). The number of hydroxylamine groups is 1. The molecule has 0 bridgehead atoms. The lowest BCUT2D eigenvalue weighted by atomic mass is 10.4. The fraction of sp³-hybridized carbons (Fsp3) is 0.375. The van der Waals surface area contributed by atoms with Gasteiger partial charge in [-0.2, -0.15) is 10.5 Å². The van der Waals surface area contributed by atoms with E-state index in [-0.39, 0.29) is 0 Å². The first-order valence-corrected chi connectivity index (χ1v) is 4.99. The number of thiazole rings is 1. The second-order valence-electron chi connectivity index (χ2n) is 2.65. The molecule has 0 aliphatic heterocycles. The molecule has 0 unspecified atom stereocenters. The maximum absolute atomic E-state index is 5.16. The minimum Gasteiger partial charge on any atom is -0.480 e. The van der Waals surface area contributed by atoms with Gasteiger partial charge in [-0.3, -0.25) is 4.40 Å². The van der Waals surface area contributed by atoms with Crippen LogP contribution >= 0.6 is 11.3 Å². The van der Waals surface area contributed by atoms with Gasteiger partial charge in [0.25, 0.3) is 0 Å². The van der Waals surface area contributed by atoms with Gasteiger partial charge in [0.2, 0.25) is 5.88 Å². The highest BCUT2D eigenvalue weighted by Crippen LogP contribution is 2.22. The van der Waals surface area contributed by atoms with Crippen molar-refractivity contribution in [2.24, 2.45) is 0 Å². The van der Waals surface area contributed by atoms with Gasteiger partial charge in [0.05, 0.1) is 20.8 Å². The van der Waals surface area contributed by atoms with E-state index in [1.54, 1.807) is 25.6 Å². The molecule has 0 saturated carbocycles. The van der Waals surface area contributed by atoms with Gasteiger partial charge in [-0.25, -0.2) is 0 Å². The summed E-state index contributed by atoms with van der Waals surface area (Å²) in [5.74, 6) is 0.640. The molecular weight excluding hydrogens is 202 g/mol. The van der Waals surface area contributed by atoms with Crippen LogP contribution in [0.25, 0.3) is 4.96 Å². The number of aromatic nitrogens is 2. The van der Waals surface area contributed by atoms with E-state index in [1.165, 1.54) is 0 Å². The summed E-state index contributed by atoms with van der Waals surface area (Å²) in [5.41, 5.74) is 3.73. The van der Waals surface area contributed by atoms with Gasteiger partial charge in [-0.05, 0) is 0 Å². The molecule has 0 amide bonds. The lowest BCUT2D eigenvalue weighted by Gasteiger charge is -2.02. The van der Waals surface area contributed by atoms with Crippen molar-refractivity contribution in [1.82, 2.24) is 14.9 Å². The van der Waals surface area contributed by atoms with E-state index in [2.05, 4.69) is 10.5 Å². The molecule has 0 aromatic carbocycles. The Bertz CT molecular complexity index is 423. The summed E-state index contributed by atoms with van der Waals surface area (Å²) in [7, 11) is 3.20. The lowest BCUT2D eigenvalue weighted by Crippen LogP contribution is -2.12. The van der Waals surface area contributed by atoms with Crippen molar-refractivity contribution in [3.8, 4) is 5.88 Å². The smallest absolute Gasteiger partial charge is 0.237 e. The summed E-state index contributed by atoms with van der Waals surface area (Å²) in [6.45, 7) is 0.567. The molecule has 2 aromatic heterocycles. The van der Waals surface area contributed by atoms with E-state index in [4.69, 9.17) is 9.57 Å². The van der Waals surface area contributed by atoms with E-state index in [1.807, 2.05) is 16.0 Å². The molecule has 2 aromatic rings. The van der Waals surface area contributed by atoms with Gasteiger partial charge in [0.15, 0.2) is 4.96 Å². The first kappa shape index (κ1) is 9.45. The van der Waals surface area contributed by atoms with Crippen molar-refractivity contribution >= 4 is 16.3 Å². The van der Waals surface area contributed by atoms with Gasteiger partial charge >= 0.3 is 0 Å². The second kappa shape index (κ2) is 3.95. The van der Waals surface area contributed by atoms with Gasteiger partial charge < -0.3 is 9.57 Å². The minimum atomic E-state index is 0.567. The van der Waals surface area contributed by atoms with Gasteiger partial charge in [-0.1, -0.05) is 0 Å². The number of hydrogen-bond donors (Lipinski definition) is 1. The van der Waals surface area contributed by atoms with Crippen LogP contribution in [0.4, 0.5) is 0 Å². The Hall–Kier alpha value is -1.11. The molecule has 0 fully saturated rings. The maximum atomic E-state index is 5.16.